The number of aromatic hydroxyl groups is 1. The number of carbonyl (C=O) groups excluding carboxylic acids is 1. The van der Waals surface area contributed by atoms with E-state index in [1.807, 2.05) is 42.5 Å². The predicted octanol–water partition coefficient (Wildman–Crippen LogP) is 3.17. The smallest absolute Gasteiger partial charge is 0.217 e. The number of pyridine rings is 1. The molecule has 24 heavy (non-hydrogen) atoms. The standard InChI is InChI=1S/C19H18N2O3/c1-12(22)21-17(14-5-3-7-15(11-14)24-2)16-9-8-13-6-4-10-20-18(13)19(16)23/h3-11,17,23H,1-2H3,(H,21,22)/t17-/m0/s1. The van der Waals surface area contributed by atoms with Crippen LogP contribution in [0.5, 0.6) is 11.5 Å². The molecule has 0 radical (unpaired) electrons. The van der Waals surface area contributed by atoms with E-state index in [1.165, 1.54) is 6.92 Å². The highest BCUT2D eigenvalue weighted by molar-refractivity contribution is 5.86. The minimum Gasteiger partial charge on any atom is -0.505 e. The van der Waals surface area contributed by atoms with Gasteiger partial charge in [-0.05, 0) is 23.8 Å². The van der Waals surface area contributed by atoms with Crippen molar-refractivity contribution in [3.8, 4) is 11.5 Å². The molecular formula is C19H18N2O3. The van der Waals surface area contributed by atoms with Crippen LogP contribution >= 0.6 is 0 Å². The maximum absolute atomic E-state index is 11.7. The van der Waals surface area contributed by atoms with Crippen molar-refractivity contribution in [2.24, 2.45) is 0 Å². The molecule has 3 aromatic rings. The molecule has 0 spiro atoms. The molecular weight excluding hydrogens is 304 g/mol. The molecule has 3 rings (SSSR count). The second-order valence-corrected chi connectivity index (χ2v) is 5.49. The lowest BCUT2D eigenvalue weighted by Crippen LogP contribution is -2.27. The number of nitrogens with zero attached hydrogens (tertiary/aromatic N) is 1. The molecule has 2 N–H and O–H groups in total. The van der Waals surface area contributed by atoms with Gasteiger partial charge in [-0.15, -0.1) is 0 Å². The van der Waals surface area contributed by atoms with Crippen molar-refractivity contribution in [2.75, 3.05) is 7.11 Å². The van der Waals surface area contributed by atoms with Gasteiger partial charge in [0.15, 0.2) is 0 Å². The number of methoxy groups -OCH3 is 1. The summed E-state index contributed by atoms with van der Waals surface area (Å²) in [5.74, 6) is 0.555. The Morgan fingerprint density at radius 3 is 2.79 bits per heavy atom. The van der Waals surface area contributed by atoms with Gasteiger partial charge in [0.05, 0.1) is 13.2 Å². The molecule has 5 nitrogen and oxygen atoms in total. The number of phenols is 1. The molecule has 0 saturated heterocycles. The van der Waals surface area contributed by atoms with Crippen molar-refractivity contribution in [3.05, 3.63) is 65.9 Å². The monoisotopic (exact) mass is 322 g/mol. The van der Waals surface area contributed by atoms with Gasteiger partial charge in [-0.25, -0.2) is 0 Å². The molecule has 0 unspecified atom stereocenters. The average molecular weight is 322 g/mol. The van der Waals surface area contributed by atoms with Gasteiger partial charge in [0.2, 0.25) is 5.91 Å². The number of benzene rings is 2. The van der Waals surface area contributed by atoms with E-state index in [4.69, 9.17) is 4.74 Å². The number of rotatable bonds is 4. The van der Waals surface area contributed by atoms with Crippen LogP contribution in [-0.2, 0) is 4.79 Å². The number of ether oxygens (including phenoxy) is 1. The number of hydrogen-bond acceptors (Lipinski definition) is 4. The molecule has 0 aliphatic heterocycles. The van der Waals surface area contributed by atoms with E-state index < -0.39 is 6.04 Å². The van der Waals surface area contributed by atoms with Crippen LogP contribution in [0.15, 0.2) is 54.7 Å². The molecule has 0 bridgehead atoms. The predicted molar refractivity (Wildman–Crippen MR) is 92.1 cm³/mol. The Balaban J connectivity index is 2.15. The fourth-order valence-electron chi connectivity index (χ4n) is 2.74. The summed E-state index contributed by atoms with van der Waals surface area (Å²) in [7, 11) is 1.59. The van der Waals surface area contributed by atoms with E-state index >= 15 is 0 Å². The van der Waals surface area contributed by atoms with Crippen molar-refractivity contribution >= 4 is 16.8 Å². The minimum absolute atomic E-state index is 0.0645. The van der Waals surface area contributed by atoms with E-state index in [2.05, 4.69) is 10.3 Å². The number of fused-ring (bicyclic) bond motifs is 1. The Hall–Kier alpha value is -3.08. The van der Waals surface area contributed by atoms with Crippen molar-refractivity contribution in [1.29, 1.82) is 0 Å². The summed E-state index contributed by atoms with van der Waals surface area (Å²) in [5, 5.41) is 14.4. The number of phenolic OH excluding ortho intramolecular Hbond substituents is 1. The van der Waals surface area contributed by atoms with Crippen LogP contribution < -0.4 is 10.1 Å². The summed E-state index contributed by atoms with van der Waals surface area (Å²) in [6.45, 7) is 1.45. The molecule has 1 atom stereocenters. The first-order valence-electron chi connectivity index (χ1n) is 7.58. The van der Waals surface area contributed by atoms with Gasteiger partial charge < -0.3 is 15.2 Å². The third-order valence-corrected chi connectivity index (χ3v) is 3.86. The first-order valence-corrected chi connectivity index (χ1v) is 7.58. The first-order chi connectivity index (χ1) is 11.6. The van der Waals surface area contributed by atoms with E-state index in [-0.39, 0.29) is 11.7 Å². The highest BCUT2D eigenvalue weighted by Gasteiger charge is 2.21. The number of aromatic nitrogens is 1. The van der Waals surface area contributed by atoms with Crippen LogP contribution in [0.25, 0.3) is 10.9 Å². The number of hydrogen-bond donors (Lipinski definition) is 2. The molecule has 0 aliphatic carbocycles. The summed E-state index contributed by atoms with van der Waals surface area (Å²) in [4.78, 5) is 15.9. The fourth-order valence-corrected chi connectivity index (χ4v) is 2.74. The number of nitrogens with one attached hydrogen (secondary N) is 1. The molecule has 0 fully saturated rings. The van der Waals surface area contributed by atoms with Crippen molar-refractivity contribution < 1.29 is 14.6 Å². The van der Waals surface area contributed by atoms with Crippen molar-refractivity contribution in [3.63, 3.8) is 0 Å². The lowest BCUT2D eigenvalue weighted by Gasteiger charge is -2.21. The third-order valence-electron chi connectivity index (χ3n) is 3.86. The number of amides is 1. The van der Waals surface area contributed by atoms with Gasteiger partial charge in [-0.2, -0.15) is 0 Å². The van der Waals surface area contributed by atoms with E-state index in [0.29, 0.717) is 16.8 Å². The van der Waals surface area contributed by atoms with Crippen molar-refractivity contribution in [2.45, 2.75) is 13.0 Å². The second kappa shape index (κ2) is 6.58. The molecule has 1 aromatic heterocycles. The van der Waals surface area contributed by atoms with Crippen LogP contribution in [0.1, 0.15) is 24.1 Å². The fraction of sp³-hybridized carbons (Fsp3) is 0.158. The van der Waals surface area contributed by atoms with Gasteiger partial charge in [-0.1, -0.05) is 30.3 Å². The quantitative estimate of drug-likeness (QED) is 0.774. The Morgan fingerprint density at radius 2 is 2.04 bits per heavy atom. The number of carbonyl (C=O) groups is 1. The van der Waals surface area contributed by atoms with Gasteiger partial charge >= 0.3 is 0 Å². The Bertz CT molecular complexity index is 893. The largest absolute Gasteiger partial charge is 0.505 e. The van der Waals surface area contributed by atoms with Crippen LogP contribution in [0.3, 0.4) is 0 Å². The van der Waals surface area contributed by atoms with Crippen molar-refractivity contribution in [1.82, 2.24) is 10.3 Å². The highest BCUT2D eigenvalue weighted by Crippen LogP contribution is 2.35. The zero-order valence-corrected chi connectivity index (χ0v) is 13.5. The average Bonchev–Trinajstić information content (AvgIpc) is 2.60. The summed E-state index contributed by atoms with van der Waals surface area (Å²) in [6.07, 6.45) is 1.63. The van der Waals surface area contributed by atoms with Gasteiger partial charge in [0, 0.05) is 24.1 Å². The third kappa shape index (κ3) is 3.01. The molecule has 2 aromatic carbocycles. The topological polar surface area (TPSA) is 71.5 Å². The maximum atomic E-state index is 11.7. The highest BCUT2D eigenvalue weighted by atomic mass is 16.5. The SMILES string of the molecule is COc1cccc([C@H](NC(C)=O)c2ccc3cccnc3c2O)c1. The Kier molecular flexibility index (Phi) is 4.33. The molecule has 1 amide bonds. The molecule has 0 saturated carbocycles. The summed E-state index contributed by atoms with van der Waals surface area (Å²) < 4.78 is 5.26. The van der Waals surface area contributed by atoms with Crippen LogP contribution in [0, 0.1) is 0 Å². The second-order valence-electron chi connectivity index (χ2n) is 5.49. The van der Waals surface area contributed by atoms with E-state index in [0.717, 1.165) is 10.9 Å². The summed E-state index contributed by atoms with van der Waals surface area (Å²) >= 11 is 0. The van der Waals surface area contributed by atoms with E-state index in [1.54, 1.807) is 19.4 Å². The molecule has 0 aliphatic rings. The zero-order chi connectivity index (χ0) is 17.1. The Labute approximate surface area is 139 Å². The summed E-state index contributed by atoms with van der Waals surface area (Å²) in [5.41, 5.74) is 1.91. The van der Waals surface area contributed by atoms with Gasteiger partial charge in [0.1, 0.15) is 17.0 Å². The summed E-state index contributed by atoms with van der Waals surface area (Å²) in [6, 6.07) is 14.3. The normalized spacial score (nSPS) is 11.9. The van der Waals surface area contributed by atoms with Crippen LogP contribution in [-0.4, -0.2) is 23.1 Å². The maximum Gasteiger partial charge on any atom is 0.217 e. The molecule has 122 valence electrons. The first kappa shape index (κ1) is 15.8. The molecule has 5 heteroatoms. The van der Waals surface area contributed by atoms with Gasteiger partial charge in [0.25, 0.3) is 0 Å². The van der Waals surface area contributed by atoms with Crippen LogP contribution in [0.2, 0.25) is 0 Å². The minimum atomic E-state index is -0.496. The Morgan fingerprint density at radius 1 is 1.21 bits per heavy atom. The van der Waals surface area contributed by atoms with Gasteiger partial charge in [-0.3, -0.25) is 9.78 Å². The molecule has 1 heterocycles. The van der Waals surface area contributed by atoms with E-state index in [9.17, 15) is 9.90 Å². The lowest BCUT2D eigenvalue weighted by atomic mass is 9.96. The zero-order valence-electron chi connectivity index (χ0n) is 13.5. The van der Waals surface area contributed by atoms with Crippen LogP contribution in [0.4, 0.5) is 0 Å². The lowest BCUT2D eigenvalue weighted by molar-refractivity contribution is -0.119.